The third kappa shape index (κ3) is 4.78. The van der Waals surface area contributed by atoms with Gasteiger partial charge < -0.3 is 19.5 Å². The second-order valence-corrected chi connectivity index (χ2v) is 10.8. The number of hydrogen-bond donors (Lipinski definition) is 1. The van der Waals surface area contributed by atoms with Crippen molar-refractivity contribution in [1.29, 1.82) is 0 Å². The molecule has 0 radical (unpaired) electrons. The first kappa shape index (κ1) is 25.6. The zero-order valence-electron chi connectivity index (χ0n) is 22.3. The van der Waals surface area contributed by atoms with Gasteiger partial charge in [0.15, 0.2) is 0 Å². The maximum Gasteiger partial charge on any atom is 0.295 e. The Balaban J connectivity index is 1.59. The van der Waals surface area contributed by atoms with Crippen LogP contribution in [0.2, 0.25) is 0 Å². The fourth-order valence-corrected chi connectivity index (χ4v) is 5.10. The molecule has 0 spiro atoms. The van der Waals surface area contributed by atoms with Gasteiger partial charge in [-0.05, 0) is 64.9 Å². The summed E-state index contributed by atoms with van der Waals surface area (Å²) >= 11 is 0. The highest BCUT2D eigenvalue weighted by atomic mass is 16.5. The summed E-state index contributed by atoms with van der Waals surface area (Å²) in [4.78, 5) is 28.4. The van der Waals surface area contributed by atoms with E-state index in [4.69, 9.17) is 9.47 Å². The summed E-state index contributed by atoms with van der Waals surface area (Å²) in [6, 6.07) is 20.1. The first-order chi connectivity index (χ1) is 18.2. The van der Waals surface area contributed by atoms with Crippen molar-refractivity contribution >= 4 is 17.4 Å². The Morgan fingerprint density at radius 3 is 2.39 bits per heavy atom. The average Bonchev–Trinajstić information content (AvgIpc) is 3.47. The van der Waals surface area contributed by atoms with Gasteiger partial charge in [0.2, 0.25) is 0 Å². The normalized spacial score (nSPS) is 18.4. The van der Waals surface area contributed by atoms with Crippen LogP contribution >= 0.6 is 0 Å². The molecule has 1 N–H and O–H groups in total. The van der Waals surface area contributed by atoms with Gasteiger partial charge in [-0.1, -0.05) is 57.2 Å². The van der Waals surface area contributed by atoms with Crippen LogP contribution in [0.5, 0.6) is 11.5 Å². The topological polar surface area (TPSA) is 76.1 Å². The van der Waals surface area contributed by atoms with E-state index < -0.39 is 17.7 Å². The van der Waals surface area contributed by atoms with Crippen LogP contribution in [-0.2, 0) is 28.0 Å². The molecule has 0 aromatic heterocycles. The zero-order valence-corrected chi connectivity index (χ0v) is 22.3. The minimum atomic E-state index is -0.722. The van der Waals surface area contributed by atoms with Crippen molar-refractivity contribution in [2.45, 2.75) is 52.1 Å². The lowest BCUT2D eigenvalue weighted by atomic mass is 9.85. The van der Waals surface area contributed by atoms with E-state index in [9.17, 15) is 14.7 Å². The molecule has 2 aliphatic heterocycles. The highest BCUT2D eigenvalue weighted by Gasteiger charge is 2.46. The molecule has 2 aliphatic rings. The van der Waals surface area contributed by atoms with Gasteiger partial charge in [-0.3, -0.25) is 9.59 Å². The maximum absolute atomic E-state index is 13.4. The molecule has 0 bridgehead atoms. The number of aliphatic hydroxyl groups excluding tert-OH is 1. The van der Waals surface area contributed by atoms with Gasteiger partial charge >= 0.3 is 0 Å². The van der Waals surface area contributed by atoms with Crippen LogP contribution in [0.1, 0.15) is 61.6 Å². The first-order valence-electron chi connectivity index (χ1n) is 13.0. The van der Waals surface area contributed by atoms with E-state index in [1.54, 1.807) is 17.0 Å². The highest BCUT2D eigenvalue weighted by molar-refractivity contribution is 6.46. The van der Waals surface area contributed by atoms with Crippen molar-refractivity contribution in [2.24, 2.45) is 0 Å². The Labute approximate surface area is 223 Å². The van der Waals surface area contributed by atoms with Crippen molar-refractivity contribution in [3.63, 3.8) is 0 Å². The molecule has 196 valence electrons. The molecular weight excluding hydrogens is 478 g/mol. The molecule has 3 aromatic carbocycles. The minimum Gasteiger partial charge on any atom is -0.507 e. The van der Waals surface area contributed by atoms with E-state index in [-0.39, 0.29) is 23.3 Å². The Bertz CT molecular complexity index is 1400. The van der Waals surface area contributed by atoms with Crippen LogP contribution in [-0.4, -0.2) is 34.9 Å². The average molecular weight is 512 g/mol. The maximum atomic E-state index is 13.4. The van der Waals surface area contributed by atoms with Crippen molar-refractivity contribution in [1.82, 2.24) is 4.90 Å². The molecule has 1 atom stereocenters. The van der Waals surface area contributed by atoms with Gasteiger partial charge in [-0.15, -0.1) is 0 Å². The third-order valence-corrected chi connectivity index (χ3v) is 7.18. The van der Waals surface area contributed by atoms with Gasteiger partial charge in [0.1, 0.15) is 17.3 Å². The zero-order chi connectivity index (χ0) is 27.0. The number of hydrogen-bond acceptors (Lipinski definition) is 5. The summed E-state index contributed by atoms with van der Waals surface area (Å²) in [5, 5.41) is 11.5. The van der Waals surface area contributed by atoms with Crippen molar-refractivity contribution in [3.05, 3.63) is 100 Å². The van der Waals surface area contributed by atoms with E-state index in [1.165, 1.54) is 0 Å². The highest BCUT2D eigenvalue weighted by Crippen LogP contribution is 2.41. The van der Waals surface area contributed by atoms with Gasteiger partial charge in [0.05, 0.1) is 24.8 Å². The summed E-state index contributed by atoms with van der Waals surface area (Å²) < 4.78 is 11.1. The van der Waals surface area contributed by atoms with Crippen LogP contribution in [0.25, 0.3) is 5.76 Å². The van der Waals surface area contributed by atoms with E-state index >= 15 is 0 Å². The second kappa shape index (κ2) is 10.0. The summed E-state index contributed by atoms with van der Waals surface area (Å²) in [5.74, 6) is 0.0436. The summed E-state index contributed by atoms with van der Waals surface area (Å²) in [6.45, 7) is 9.70. The number of fused-ring (bicyclic) bond motifs is 1. The van der Waals surface area contributed by atoms with Gasteiger partial charge in [0, 0.05) is 18.5 Å². The van der Waals surface area contributed by atoms with Crippen molar-refractivity contribution in [3.8, 4) is 11.5 Å². The number of benzene rings is 3. The Morgan fingerprint density at radius 1 is 1.03 bits per heavy atom. The lowest BCUT2D eigenvalue weighted by Crippen LogP contribution is -2.29. The number of rotatable bonds is 6. The molecule has 3 aromatic rings. The lowest BCUT2D eigenvalue weighted by Gasteiger charge is -2.26. The number of aliphatic hydroxyl groups is 1. The first-order valence-corrected chi connectivity index (χ1v) is 13.0. The molecule has 5 rings (SSSR count). The minimum absolute atomic E-state index is 0.0465. The summed E-state index contributed by atoms with van der Waals surface area (Å²) in [7, 11) is 0. The monoisotopic (exact) mass is 511 g/mol. The number of carbonyl (C=O) groups is 2. The van der Waals surface area contributed by atoms with Crippen LogP contribution in [0.4, 0.5) is 0 Å². The fourth-order valence-electron chi connectivity index (χ4n) is 5.10. The smallest absolute Gasteiger partial charge is 0.295 e. The summed E-state index contributed by atoms with van der Waals surface area (Å²) in [6.07, 6.45) is 0.736. The number of ether oxygens (including phenoxy) is 2. The van der Waals surface area contributed by atoms with Gasteiger partial charge in [-0.2, -0.15) is 0 Å². The lowest BCUT2D eigenvalue weighted by molar-refractivity contribution is -0.140. The van der Waals surface area contributed by atoms with Gasteiger partial charge in [0.25, 0.3) is 11.7 Å². The Hall–Kier alpha value is -4.06. The number of ketones is 1. The second-order valence-electron chi connectivity index (χ2n) is 10.8. The number of nitrogens with zero attached hydrogens (tertiary/aromatic N) is 1. The number of amides is 1. The van der Waals surface area contributed by atoms with E-state index in [0.717, 1.165) is 40.2 Å². The van der Waals surface area contributed by atoms with Crippen molar-refractivity contribution in [2.75, 3.05) is 13.2 Å². The Kier molecular flexibility index (Phi) is 6.74. The third-order valence-electron chi connectivity index (χ3n) is 7.18. The SMILES string of the molecule is CCOc1ccc(CN2C(=O)C(=O)/C(=C(\O)c3ccc4c(c3)CCO4)C2c2ccc(C(C)(C)C)cc2)cc1. The number of carbonyl (C=O) groups excluding carboxylic acids is 2. The van der Waals surface area contributed by atoms with Crippen LogP contribution < -0.4 is 9.47 Å². The standard InChI is InChI=1S/C32H33NO5/c1-5-37-25-13-6-20(7-14-25)19-33-28(21-8-11-24(12-9-21)32(2,3)4)27(30(35)31(33)36)29(34)23-10-15-26-22(18-23)16-17-38-26/h6-15,18,28,34H,5,16-17,19H2,1-4H3/b29-27-. The molecule has 6 heteroatoms. The summed E-state index contributed by atoms with van der Waals surface area (Å²) in [5.41, 5.74) is 4.31. The molecule has 0 aliphatic carbocycles. The van der Waals surface area contributed by atoms with Crippen molar-refractivity contribution < 1.29 is 24.2 Å². The largest absolute Gasteiger partial charge is 0.507 e. The Morgan fingerprint density at radius 2 is 1.74 bits per heavy atom. The fraction of sp³-hybridized carbons (Fsp3) is 0.312. The molecule has 2 heterocycles. The quantitative estimate of drug-likeness (QED) is 0.252. The molecular formula is C32H33NO5. The molecule has 1 unspecified atom stereocenters. The van der Waals surface area contributed by atoms with E-state index in [2.05, 4.69) is 20.8 Å². The van der Waals surface area contributed by atoms with Crippen LogP contribution in [0.3, 0.4) is 0 Å². The van der Waals surface area contributed by atoms with Crippen LogP contribution in [0.15, 0.2) is 72.3 Å². The van der Waals surface area contributed by atoms with E-state index in [0.29, 0.717) is 18.8 Å². The predicted octanol–water partition coefficient (Wildman–Crippen LogP) is 5.94. The molecule has 1 saturated heterocycles. The van der Waals surface area contributed by atoms with Crippen LogP contribution in [0, 0.1) is 0 Å². The molecule has 1 amide bonds. The molecule has 1 fully saturated rings. The predicted molar refractivity (Wildman–Crippen MR) is 146 cm³/mol. The molecule has 6 nitrogen and oxygen atoms in total. The number of Topliss-reactive ketones (excluding diaryl/α,β-unsaturated/α-hetero) is 1. The molecule has 38 heavy (non-hydrogen) atoms. The molecule has 0 saturated carbocycles. The van der Waals surface area contributed by atoms with Gasteiger partial charge in [-0.25, -0.2) is 0 Å². The number of likely N-dealkylation sites (tertiary alicyclic amines) is 1. The van der Waals surface area contributed by atoms with E-state index in [1.807, 2.05) is 61.5 Å².